The van der Waals surface area contributed by atoms with Crippen molar-refractivity contribution in [2.24, 2.45) is 5.41 Å². The normalized spacial score (nSPS) is 13.7. The zero-order valence-electron chi connectivity index (χ0n) is 11.8. The number of hydrogen-bond donors (Lipinski definition) is 1. The molecule has 0 aromatic heterocycles. The SMILES string of the molecule is CCC(C)(C)CC(C)c1cc(F)c(O)c(C)c1F. The van der Waals surface area contributed by atoms with Crippen LogP contribution in [0.5, 0.6) is 5.75 Å². The van der Waals surface area contributed by atoms with Crippen molar-refractivity contribution in [3.8, 4) is 5.75 Å². The van der Waals surface area contributed by atoms with E-state index in [4.69, 9.17) is 0 Å². The molecule has 1 aromatic rings. The van der Waals surface area contributed by atoms with Crippen LogP contribution >= 0.6 is 0 Å². The first-order chi connectivity index (χ1) is 8.19. The molecule has 0 fully saturated rings. The lowest BCUT2D eigenvalue weighted by molar-refractivity contribution is 0.296. The van der Waals surface area contributed by atoms with Gasteiger partial charge >= 0.3 is 0 Å². The minimum absolute atomic E-state index is 0.00819. The molecule has 0 amide bonds. The van der Waals surface area contributed by atoms with Crippen molar-refractivity contribution in [3.63, 3.8) is 0 Å². The first-order valence-corrected chi connectivity index (χ1v) is 6.37. The van der Waals surface area contributed by atoms with Gasteiger partial charge in [0.05, 0.1) is 0 Å². The Morgan fingerprint density at radius 3 is 2.39 bits per heavy atom. The minimum atomic E-state index is -0.745. The Kier molecular flexibility index (Phi) is 4.36. The number of aromatic hydroxyl groups is 1. The van der Waals surface area contributed by atoms with Crippen LogP contribution in [-0.2, 0) is 0 Å². The van der Waals surface area contributed by atoms with Crippen LogP contribution in [0.15, 0.2) is 6.07 Å². The highest BCUT2D eigenvalue weighted by Gasteiger charge is 2.24. The molecule has 0 spiro atoms. The van der Waals surface area contributed by atoms with Crippen molar-refractivity contribution in [3.05, 3.63) is 28.8 Å². The molecule has 1 atom stereocenters. The first kappa shape index (κ1) is 14.9. The molecule has 0 saturated carbocycles. The van der Waals surface area contributed by atoms with Gasteiger partial charge in [0.1, 0.15) is 5.82 Å². The van der Waals surface area contributed by atoms with E-state index in [-0.39, 0.29) is 16.9 Å². The third-order valence-electron chi connectivity index (χ3n) is 3.79. The van der Waals surface area contributed by atoms with Gasteiger partial charge in [-0.25, -0.2) is 8.78 Å². The van der Waals surface area contributed by atoms with E-state index in [1.807, 2.05) is 6.92 Å². The summed E-state index contributed by atoms with van der Waals surface area (Å²) in [5, 5.41) is 9.36. The summed E-state index contributed by atoms with van der Waals surface area (Å²) in [5.41, 5.74) is 0.434. The van der Waals surface area contributed by atoms with Crippen LogP contribution in [-0.4, -0.2) is 5.11 Å². The standard InChI is InChI=1S/C15H22F2O/c1-6-15(4,5)8-9(2)11-7-12(16)14(18)10(3)13(11)17/h7,9,18H,6,8H2,1-5H3. The molecule has 1 nitrogen and oxygen atoms in total. The van der Waals surface area contributed by atoms with Crippen molar-refractivity contribution in [1.29, 1.82) is 0 Å². The lowest BCUT2D eigenvalue weighted by Crippen LogP contribution is -2.14. The molecule has 3 heteroatoms. The smallest absolute Gasteiger partial charge is 0.165 e. The molecule has 0 radical (unpaired) electrons. The Morgan fingerprint density at radius 1 is 1.33 bits per heavy atom. The van der Waals surface area contributed by atoms with Crippen molar-refractivity contribution >= 4 is 0 Å². The van der Waals surface area contributed by atoms with E-state index < -0.39 is 17.4 Å². The molecule has 0 aliphatic rings. The molecule has 0 aliphatic heterocycles. The molecular formula is C15H22F2O. The number of benzene rings is 1. The van der Waals surface area contributed by atoms with Crippen LogP contribution in [0.3, 0.4) is 0 Å². The number of phenolic OH excluding ortho intramolecular Hbond substituents is 1. The lowest BCUT2D eigenvalue weighted by Gasteiger charge is -2.27. The Labute approximate surface area is 108 Å². The van der Waals surface area contributed by atoms with E-state index >= 15 is 0 Å². The molecule has 0 aliphatic carbocycles. The van der Waals surface area contributed by atoms with Crippen molar-refractivity contribution in [2.75, 3.05) is 0 Å². The lowest BCUT2D eigenvalue weighted by atomic mass is 9.78. The van der Waals surface area contributed by atoms with Crippen molar-refractivity contribution < 1.29 is 13.9 Å². The van der Waals surface area contributed by atoms with Gasteiger partial charge in [-0.15, -0.1) is 0 Å². The van der Waals surface area contributed by atoms with Gasteiger partial charge in [-0.05, 0) is 36.3 Å². The highest BCUT2D eigenvalue weighted by Crippen LogP contribution is 2.37. The molecular weight excluding hydrogens is 234 g/mol. The monoisotopic (exact) mass is 256 g/mol. The fraction of sp³-hybridized carbons (Fsp3) is 0.600. The molecule has 1 N–H and O–H groups in total. The summed E-state index contributed by atoms with van der Waals surface area (Å²) in [6.45, 7) is 9.61. The number of hydrogen-bond acceptors (Lipinski definition) is 1. The van der Waals surface area contributed by atoms with Gasteiger partial charge in [0.2, 0.25) is 0 Å². The van der Waals surface area contributed by atoms with Gasteiger partial charge in [-0.3, -0.25) is 0 Å². The van der Waals surface area contributed by atoms with Crippen molar-refractivity contribution in [2.45, 2.75) is 53.4 Å². The molecule has 1 unspecified atom stereocenters. The van der Waals surface area contributed by atoms with Crippen molar-refractivity contribution in [1.82, 2.24) is 0 Å². The maximum Gasteiger partial charge on any atom is 0.165 e. The van der Waals surface area contributed by atoms with Crippen LogP contribution in [0.25, 0.3) is 0 Å². The molecule has 0 heterocycles. The van der Waals surface area contributed by atoms with Gasteiger partial charge in [-0.1, -0.05) is 34.1 Å². The van der Waals surface area contributed by atoms with E-state index in [9.17, 15) is 13.9 Å². The first-order valence-electron chi connectivity index (χ1n) is 6.37. The summed E-state index contributed by atoms with van der Waals surface area (Å²) in [6, 6.07) is 1.12. The van der Waals surface area contributed by atoms with Gasteiger partial charge < -0.3 is 5.11 Å². The summed E-state index contributed by atoms with van der Waals surface area (Å²) >= 11 is 0. The molecule has 1 rings (SSSR count). The predicted octanol–water partition coefficient (Wildman–Crippen LogP) is 4.91. The summed E-state index contributed by atoms with van der Waals surface area (Å²) in [4.78, 5) is 0. The summed E-state index contributed by atoms with van der Waals surface area (Å²) < 4.78 is 27.5. The van der Waals surface area contributed by atoms with Gasteiger partial charge in [0, 0.05) is 5.56 Å². The minimum Gasteiger partial charge on any atom is -0.505 e. The summed E-state index contributed by atoms with van der Waals surface area (Å²) in [5.74, 6) is -1.90. The number of phenols is 1. The van der Waals surface area contributed by atoms with Crippen LogP contribution in [0.1, 0.15) is 57.6 Å². The zero-order chi connectivity index (χ0) is 14.1. The zero-order valence-corrected chi connectivity index (χ0v) is 11.8. The molecule has 18 heavy (non-hydrogen) atoms. The fourth-order valence-corrected chi connectivity index (χ4v) is 2.21. The maximum absolute atomic E-state index is 14.0. The summed E-state index contributed by atoms with van der Waals surface area (Å²) in [7, 11) is 0. The molecule has 1 aromatic carbocycles. The van der Waals surface area contributed by atoms with E-state index in [0.717, 1.165) is 18.9 Å². The third-order valence-corrected chi connectivity index (χ3v) is 3.79. The largest absolute Gasteiger partial charge is 0.505 e. The van der Waals surface area contributed by atoms with E-state index in [1.165, 1.54) is 6.92 Å². The van der Waals surface area contributed by atoms with E-state index in [2.05, 4.69) is 20.8 Å². The Hall–Kier alpha value is -1.12. The van der Waals surface area contributed by atoms with Gasteiger partial charge in [0.15, 0.2) is 11.6 Å². The average molecular weight is 256 g/mol. The maximum atomic E-state index is 14.0. The van der Waals surface area contributed by atoms with Crippen LogP contribution < -0.4 is 0 Å². The highest BCUT2D eigenvalue weighted by atomic mass is 19.1. The van der Waals surface area contributed by atoms with Crippen LogP contribution in [0.2, 0.25) is 0 Å². The second-order valence-corrected chi connectivity index (χ2v) is 5.86. The van der Waals surface area contributed by atoms with Crippen LogP contribution in [0, 0.1) is 24.0 Å². The second kappa shape index (κ2) is 5.25. The molecule has 0 bridgehead atoms. The average Bonchev–Trinajstić information content (AvgIpc) is 2.30. The fourth-order valence-electron chi connectivity index (χ4n) is 2.21. The van der Waals surface area contributed by atoms with Gasteiger partial charge in [0.25, 0.3) is 0 Å². The second-order valence-electron chi connectivity index (χ2n) is 5.86. The number of halogens is 2. The molecule has 0 saturated heterocycles. The van der Waals surface area contributed by atoms with E-state index in [0.29, 0.717) is 5.56 Å². The Morgan fingerprint density at radius 2 is 1.89 bits per heavy atom. The Bertz CT molecular complexity index is 439. The highest BCUT2D eigenvalue weighted by molar-refractivity contribution is 5.39. The topological polar surface area (TPSA) is 20.2 Å². The Balaban J connectivity index is 3.11. The predicted molar refractivity (Wildman–Crippen MR) is 69.9 cm³/mol. The van der Waals surface area contributed by atoms with Crippen LogP contribution in [0.4, 0.5) is 8.78 Å². The number of rotatable bonds is 4. The third kappa shape index (κ3) is 3.01. The van der Waals surface area contributed by atoms with E-state index in [1.54, 1.807) is 0 Å². The summed E-state index contributed by atoms with van der Waals surface area (Å²) in [6.07, 6.45) is 1.77. The van der Waals surface area contributed by atoms with Gasteiger partial charge in [-0.2, -0.15) is 0 Å². The quantitative estimate of drug-likeness (QED) is 0.811. The molecule has 102 valence electrons.